The maximum Gasteiger partial charge on any atom is 0.181 e. The highest BCUT2D eigenvalue weighted by Gasteiger charge is 2.05. The molecule has 4 heteroatoms. The van der Waals surface area contributed by atoms with Crippen molar-refractivity contribution in [2.45, 2.75) is 0 Å². The molecule has 0 aliphatic rings. The fourth-order valence-corrected chi connectivity index (χ4v) is 2.64. The summed E-state index contributed by atoms with van der Waals surface area (Å²) in [5.41, 5.74) is 6.66. The molecule has 0 fully saturated rings. The monoisotopic (exact) mass is 234 g/mol. The molecule has 0 radical (unpaired) electrons. The van der Waals surface area contributed by atoms with Crippen LogP contribution >= 0.6 is 22.9 Å². The number of anilines is 1. The van der Waals surface area contributed by atoms with Gasteiger partial charge < -0.3 is 5.73 Å². The zero-order chi connectivity index (χ0) is 10.4. The Bertz CT molecular complexity index is 660. The van der Waals surface area contributed by atoms with Gasteiger partial charge in [-0.15, -0.1) is 0 Å². The van der Waals surface area contributed by atoms with Crippen molar-refractivity contribution in [3.8, 4) is 0 Å². The van der Waals surface area contributed by atoms with E-state index >= 15 is 0 Å². The van der Waals surface area contributed by atoms with Gasteiger partial charge in [-0.25, -0.2) is 4.98 Å². The summed E-state index contributed by atoms with van der Waals surface area (Å²) in [6.45, 7) is 0. The zero-order valence-corrected chi connectivity index (χ0v) is 9.27. The Morgan fingerprint density at radius 3 is 2.93 bits per heavy atom. The van der Waals surface area contributed by atoms with Crippen LogP contribution in [0.3, 0.4) is 0 Å². The maximum absolute atomic E-state index is 5.93. The quantitative estimate of drug-likeness (QED) is 0.644. The van der Waals surface area contributed by atoms with Crippen molar-refractivity contribution in [1.29, 1.82) is 0 Å². The van der Waals surface area contributed by atoms with Crippen molar-refractivity contribution in [2.75, 3.05) is 5.73 Å². The van der Waals surface area contributed by atoms with Gasteiger partial charge in [-0.3, -0.25) is 0 Å². The van der Waals surface area contributed by atoms with Crippen LogP contribution in [0.5, 0.6) is 0 Å². The summed E-state index contributed by atoms with van der Waals surface area (Å²) in [4.78, 5) is 4.32. The lowest BCUT2D eigenvalue weighted by Gasteiger charge is -1.98. The highest BCUT2D eigenvalue weighted by molar-refractivity contribution is 7.22. The normalized spacial score (nSPS) is 11.3. The molecule has 1 aromatic heterocycles. The van der Waals surface area contributed by atoms with Crippen molar-refractivity contribution in [3.05, 3.63) is 35.4 Å². The van der Waals surface area contributed by atoms with Crippen LogP contribution in [-0.2, 0) is 0 Å². The summed E-state index contributed by atoms with van der Waals surface area (Å²) in [6.07, 6.45) is 0. The number of halogens is 1. The summed E-state index contributed by atoms with van der Waals surface area (Å²) in [6, 6.07) is 9.87. The number of hydrogen-bond donors (Lipinski definition) is 1. The van der Waals surface area contributed by atoms with Gasteiger partial charge in [-0.1, -0.05) is 35.1 Å². The summed E-state index contributed by atoms with van der Waals surface area (Å²) in [7, 11) is 0. The first-order chi connectivity index (χ1) is 7.24. The van der Waals surface area contributed by atoms with E-state index in [-0.39, 0.29) is 0 Å². The van der Waals surface area contributed by atoms with E-state index in [1.807, 2.05) is 30.3 Å². The summed E-state index contributed by atoms with van der Waals surface area (Å²) >= 11 is 7.44. The molecule has 2 N–H and O–H groups in total. The van der Waals surface area contributed by atoms with Crippen LogP contribution < -0.4 is 5.73 Å². The van der Waals surface area contributed by atoms with E-state index in [0.29, 0.717) is 5.13 Å². The molecule has 0 aliphatic carbocycles. The number of nitrogen functional groups attached to an aromatic ring is 1. The number of nitrogens with two attached hydrogens (primary N) is 1. The third-order valence-electron chi connectivity index (χ3n) is 2.35. The second-order valence-corrected chi connectivity index (χ2v) is 4.83. The average molecular weight is 235 g/mol. The van der Waals surface area contributed by atoms with E-state index in [1.165, 1.54) is 11.3 Å². The molecule has 74 valence electrons. The molecule has 15 heavy (non-hydrogen) atoms. The number of nitrogens with zero attached hydrogens (tertiary/aromatic N) is 1. The number of benzene rings is 2. The molecule has 2 aromatic carbocycles. The van der Waals surface area contributed by atoms with Gasteiger partial charge in [-0.2, -0.15) is 0 Å². The Balaban J connectivity index is 2.53. The average Bonchev–Trinajstić information content (AvgIpc) is 2.58. The Morgan fingerprint density at radius 2 is 2.07 bits per heavy atom. The third-order valence-corrected chi connectivity index (χ3v) is 3.44. The van der Waals surface area contributed by atoms with Crippen molar-refractivity contribution in [1.82, 2.24) is 4.98 Å². The fraction of sp³-hybridized carbons (Fsp3) is 0. The third kappa shape index (κ3) is 1.35. The lowest BCUT2D eigenvalue weighted by atomic mass is 10.1. The van der Waals surface area contributed by atoms with Gasteiger partial charge in [-0.05, 0) is 23.6 Å². The molecule has 3 aromatic rings. The molecule has 0 bridgehead atoms. The SMILES string of the molecule is Nc1nc2c(ccc3cc(Cl)ccc32)s1. The molecule has 0 saturated carbocycles. The number of thiazole rings is 1. The highest BCUT2D eigenvalue weighted by atomic mass is 35.5. The van der Waals surface area contributed by atoms with E-state index in [2.05, 4.69) is 4.98 Å². The topological polar surface area (TPSA) is 38.9 Å². The van der Waals surface area contributed by atoms with Gasteiger partial charge >= 0.3 is 0 Å². The second-order valence-electron chi connectivity index (χ2n) is 3.33. The van der Waals surface area contributed by atoms with Crippen molar-refractivity contribution in [3.63, 3.8) is 0 Å². The maximum atomic E-state index is 5.93. The minimum absolute atomic E-state index is 0.604. The Labute approximate surface area is 95.3 Å². The van der Waals surface area contributed by atoms with Crippen LogP contribution in [-0.4, -0.2) is 4.98 Å². The van der Waals surface area contributed by atoms with E-state index in [0.717, 1.165) is 26.0 Å². The first-order valence-corrected chi connectivity index (χ1v) is 5.68. The summed E-state index contributed by atoms with van der Waals surface area (Å²) in [5, 5.41) is 3.54. The van der Waals surface area contributed by atoms with Gasteiger partial charge in [0, 0.05) is 10.4 Å². The molecule has 0 saturated heterocycles. The number of fused-ring (bicyclic) bond motifs is 3. The predicted molar refractivity (Wildman–Crippen MR) is 66.5 cm³/mol. The lowest BCUT2D eigenvalue weighted by molar-refractivity contribution is 1.51. The molecule has 0 aliphatic heterocycles. The number of hydrogen-bond acceptors (Lipinski definition) is 3. The van der Waals surface area contributed by atoms with E-state index in [1.54, 1.807) is 0 Å². The molecule has 1 heterocycles. The summed E-state index contributed by atoms with van der Waals surface area (Å²) < 4.78 is 1.11. The van der Waals surface area contributed by atoms with Gasteiger partial charge in [0.25, 0.3) is 0 Å². The van der Waals surface area contributed by atoms with Crippen LogP contribution in [0.15, 0.2) is 30.3 Å². The van der Waals surface area contributed by atoms with Gasteiger partial charge in [0.2, 0.25) is 0 Å². The van der Waals surface area contributed by atoms with E-state index in [9.17, 15) is 0 Å². The smallest absolute Gasteiger partial charge is 0.181 e. The van der Waals surface area contributed by atoms with Crippen LogP contribution in [0.1, 0.15) is 0 Å². The van der Waals surface area contributed by atoms with E-state index < -0.39 is 0 Å². The largest absolute Gasteiger partial charge is 0.375 e. The molecule has 0 spiro atoms. The lowest BCUT2D eigenvalue weighted by Crippen LogP contribution is -1.80. The fourth-order valence-electron chi connectivity index (χ4n) is 1.71. The molecule has 0 atom stereocenters. The van der Waals surface area contributed by atoms with Crippen molar-refractivity contribution in [2.24, 2.45) is 0 Å². The molecular formula is C11H7ClN2S. The highest BCUT2D eigenvalue weighted by Crippen LogP contribution is 2.31. The minimum Gasteiger partial charge on any atom is -0.375 e. The van der Waals surface area contributed by atoms with Crippen LogP contribution in [0.4, 0.5) is 5.13 Å². The van der Waals surface area contributed by atoms with E-state index in [4.69, 9.17) is 17.3 Å². The molecule has 2 nitrogen and oxygen atoms in total. The first kappa shape index (κ1) is 8.95. The Morgan fingerprint density at radius 1 is 1.20 bits per heavy atom. The first-order valence-electron chi connectivity index (χ1n) is 4.48. The van der Waals surface area contributed by atoms with Crippen LogP contribution in [0, 0.1) is 0 Å². The molecule has 0 unspecified atom stereocenters. The van der Waals surface area contributed by atoms with Gasteiger partial charge in [0.15, 0.2) is 5.13 Å². The minimum atomic E-state index is 0.604. The number of rotatable bonds is 0. The second kappa shape index (κ2) is 3.08. The standard InChI is InChI=1S/C11H7ClN2S/c12-7-2-3-8-6(5-7)1-4-9-10(8)14-11(13)15-9/h1-5H,(H2,13,14). The Hall–Kier alpha value is -1.32. The molecular weight excluding hydrogens is 228 g/mol. The number of aromatic nitrogens is 1. The zero-order valence-electron chi connectivity index (χ0n) is 7.70. The molecule has 3 rings (SSSR count). The molecule has 0 amide bonds. The van der Waals surface area contributed by atoms with Crippen molar-refractivity contribution >= 4 is 49.1 Å². The predicted octanol–water partition coefficient (Wildman–Crippen LogP) is 3.69. The van der Waals surface area contributed by atoms with Gasteiger partial charge in [0.1, 0.15) is 0 Å². The van der Waals surface area contributed by atoms with Crippen molar-refractivity contribution < 1.29 is 0 Å². The summed E-state index contributed by atoms with van der Waals surface area (Å²) in [5.74, 6) is 0. The van der Waals surface area contributed by atoms with Gasteiger partial charge in [0.05, 0.1) is 10.2 Å². The van der Waals surface area contributed by atoms with Crippen LogP contribution in [0.2, 0.25) is 5.02 Å². The Kier molecular flexibility index (Phi) is 1.84. The van der Waals surface area contributed by atoms with Crippen LogP contribution in [0.25, 0.3) is 21.0 Å².